The van der Waals surface area contributed by atoms with Gasteiger partial charge in [0.25, 0.3) is 0 Å². The van der Waals surface area contributed by atoms with Crippen LogP contribution in [0.2, 0.25) is 0 Å². The molecule has 9 rings (SSSR count). The fourth-order valence-corrected chi connectivity index (χ4v) is 6.74. The van der Waals surface area contributed by atoms with Crippen LogP contribution >= 0.6 is 0 Å². The molecule has 0 saturated heterocycles. The molecule has 0 amide bonds. The van der Waals surface area contributed by atoms with E-state index < -0.39 is 0 Å². The Balaban J connectivity index is 1.35. The summed E-state index contributed by atoms with van der Waals surface area (Å²) in [6.45, 7) is 0. The van der Waals surface area contributed by atoms with Gasteiger partial charge in [-0.05, 0) is 70.4 Å². The number of fused-ring (bicyclic) bond motifs is 7. The number of benzene rings is 6. The largest absolute Gasteiger partial charge is 0.309 e. The molecule has 0 unspecified atom stereocenters. The van der Waals surface area contributed by atoms with Crippen LogP contribution in [0.5, 0.6) is 0 Å². The molecule has 3 aromatic heterocycles. The first kappa shape index (κ1) is 23.1. The topological polar surface area (TPSA) is 22.8 Å². The summed E-state index contributed by atoms with van der Waals surface area (Å²) in [4.78, 5) is 4.54. The van der Waals surface area contributed by atoms with E-state index in [1.54, 1.807) is 0 Å². The lowest BCUT2D eigenvalue weighted by atomic mass is 9.98. The Kier molecular flexibility index (Phi) is 4.90. The SMILES string of the molecule is c1ccc(-n2c3ccncc3c3c(-c4ccc5c6ccccc6n(-c6ccc7ccccc7c6)c5c4)cccc32)cc1. The molecule has 0 bridgehead atoms. The third-order valence-corrected chi connectivity index (χ3v) is 8.58. The van der Waals surface area contributed by atoms with Crippen molar-refractivity contribution in [3.8, 4) is 22.5 Å². The smallest absolute Gasteiger partial charge is 0.0572 e. The molecule has 0 fully saturated rings. The summed E-state index contributed by atoms with van der Waals surface area (Å²) in [5, 5.41) is 7.37. The highest BCUT2D eigenvalue weighted by Gasteiger charge is 2.18. The van der Waals surface area contributed by atoms with E-state index in [1.165, 1.54) is 60.3 Å². The Bertz CT molecular complexity index is 2460. The molecule has 3 heteroatoms. The van der Waals surface area contributed by atoms with E-state index in [4.69, 9.17) is 0 Å². The number of para-hydroxylation sites is 2. The van der Waals surface area contributed by atoms with Crippen LogP contribution in [0.1, 0.15) is 0 Å². The molecule has 3 nitrogen and oxygen atoms in total. The molecule has 0 aliphatic carbocycles. The maximum absolute atomic E-state index is 4.54. The van der Waals surface area contributed by atoms with E-state index in [9.17, 15) is 0 Å². The van der Waals surface area contributed by atoms with Gasteiger partial charge in [0.15, 0.2) is 0 Å². The maximum Gasteiger partial charge on any atom is 0.0572 e. The van der Waals surface area contributed by atoms with Crippen LogP contribution < -0.4 is 0 Å². The summed E-state index contributed by atoms with van der Waals surface area (Å²) in [7, 11) is 0. The molecule has 0 atom stereocenters. The highest BCUT2D eigenvalue weighted by Crippen LogP contribution is 2.40. The highest BCUT2D eigenvalue weighted by atomic mass is 15.0. The van der Waals surface area contributed by atoms with Gasteiger partial charge in [0.1, 0.15) is 0 Å². The van der Waals surface area contributed by atoms with Crippen molar-refractivity contribution in [1.82, 2.24) is 14.1 Å². The molecule has 3 heterocycles. The number of pyridine rings is 1. The van der Waals surface area contributed by atoms with Crippen molar-refractivity contribution in [3.05, 3.63) is 152 Å². The lowest BCUT2D eigenvalue weighted by Crippen LogP contribution is -1.94. The van der Waals surface area contributed by atoms with Gasteiger partial charge in [-0.15, -0.1) is 0 Å². The predicted molar refractivity (Wildman–Crippen MR) is 176 cm³/mol. The molecule has 0 spiro atoms. The third-order valence-electron chi connectivity index (χ3n) is 8.58. The summed E-state index contributed by atoms with van der Waals surface area (Å²) in [6, 6.07) is 50.3. The molecular formula is C39H25N3. The minimum atomic E-state index is 1.15. The average Bonchev–Trinajstić information content (AvgIpc) is 3.57. The van der Waals surface area contributed by atoms with Crippen molar-refractivity contribution in [1.29, 1.82) is 0 Å². The van der Waals surface area contributed by atoms with E-state index >= 15 is 0 Å². The normalized spacial score (nSPS) is 11.8. The zero-order chi connectivity index (χ0) is 27.6. The Morgan fingerprint density at radius 3 is 2.10 bits per heavy atom. The Morgan fingerprint density at radius 1 is 0.429 bits per heavy atom. The van der Waals surface area contributed by atoms with Crippen molar-refractivity contribution in [2.24, 2.45) is 0 Å². The summed E-state index contributed by atoms with van der Waals surface area (Å²) < 4.78 is 4.76. The molecule has 196 valence electrons. The first-order valence-corrected chi connectivity index (χ1v) is 14.3. The summed E-state index contributed by atoms with van der Waals surface area (Å²) in [5.41, 5.74) is 9.45. The van der Waals surface area contributed by atoms with Gasteiger partial charge in [-0.2, -0.15) is 0 Å². The third kappa shape index (κ3) is 3.31. The summed E-state index contributed by atoms with van der Waals surface area (Å²) in [6.07, 6.45) is 3.89. The first-order chi connectivity index (χ1) is 20.8. The highest BCUT2D eigenvalue weighted by molar-refractivity contribution is 6.17. The zero-order valence-electron chi connectivity index (χ0n) is 22.8. The second-order valence-corrected chi connectivity index (χ2v) is 10.9. The molecule has 0 aliphatic heterocycles. The van der Waals surface area contributed by atoms with Crippen molar-refractivity contribution in [3.63, 3.8) is 0 Å². The van der Waals surface area contributed by atoms with Crippen LogP contribution in [-0.2, 0) is 0 Å². The fourth-order valence-electron chi connectivity index (χ4n) is 6.74. The van der Waals surface area contributed by atoms with Crippen molar-refractivity contribution < 1.29 is 0 Å². The Labute approximate surface area is 242 Å². The number of hydrogen-bond donors (Lipinski definition) is 0. The summed E-state index contributed by atoms with van der Waals surface area (Å²) in [5.74, 6) is 0. The lowest BCUT2D eigenvalue weighted by molar-refractivity contribution is 1.17. The maximum atomic E-state index is 4.54. The molecule has 0 saturated carbocycles. The van der Waals surface area contributed by atoms with Gasteiger partial charge >= 0.3 is 0 Å². The first-order valence-electron chi connectivity index (χ1n) is 14.3. The van der Waals surface area contributed by atoms with Crippen LogP contribution in [0, 0.1) is 0 Å². The zero-order valence-corrected chi connectivity index (χ0v) is 22.8. The monoisotopic (exact) mass is 535 g/mol. The van der Waals surface area contributed by atoms with E-state index in [1.807, 2.05) is 12.4 Å². The minimum Gasteiger partial charge on any atom is -0.309 e. The Morgan fingerprint density at radius 2 is 1.17 bits per heavy atom. The lowest BCUT2D eigenvalue weighted by Gasteiger charge is -2.11. The van der Waals surface area contributed by atoms with Gasteiger partial charge in [-0.1, -0.05) is 91.0 Å². The van der Waals surface area contributed by atoms with Crippen LogP contribution in [0.15, 0.2) is 152 Å². The molecule has 9 aromatic rings. The van der Waals surface area contributed by atoms with E-state index in [0.29, 0.717) is 0 Å². The molecule has 0 radical (unpaired) electrons. The van der Waals surface area contributed by atoms with E-state index in [2.05, 4.69) is 154 Å². The quantitative estimate of drug-likeness (QED) is 0.221. The minimum absolute atomic E-state index is 1.15. The predicted octanol–water partition coefficient (Wildman–Crippen LogP) is 10.1. The van der Waals surface area contributed by atoms with Gasteiger partial charge in [0.2, 0.25) is 0 Å². The molecular weight excluding hydrogens is 510 g/mol. The van der Waals surface area contributed by atoms with Gasteiger partial charge < -0.3 is 9.13 Å². The fraction of sp³-hybridized carbons (Fsp3) is 0. The van der Waals surface area contributed by atoms with Crippen molar-refractivity contribution in [2.45, 2.75) is 0 Å². The number of rotatable bonds is 3. The molecule has 6 aromatic carbocycles. The van der Waals surface area contributed by atoms with Gasteiger partial charge in [0, 0.05) is 45.3 Å². The van der Waals surface area contributed by atoms with Crippen molar-refractivity contribution in [2.75, 3.05) is 0 Å². The van der Waals surface area contributed by atoms with Crippen LogP contribution in [0.25, 0.3) is 76.9 Å². The Hall–Kier alpha value is -5.67. The van der Waals surface area contributed by atoms with E-state index in [-0.39, 0.29) is 0 Å². The number of aromatic nitrogens is 3. The van der Waals surface area contributed by atoms with E-state index in [0.717, 1.165) is 16.6 Å². The number of hydrogen-bond acceptors (Lipinski definition) is 1. The van der Waals surface area contributed by atoms with Gasteiger partial charge in [-0.3, -0.25) is 4.98 Å². The second kappa shape index (κ2) is 8.92. The van der Waals surface area contributed by atoms with Gasteiger partial charge in [0.05, 0.1) is 22.1 Å². The summed E-state index contributed by atoms with van der Waals surface area (Å²) >= 11 is 0. The average molecular weight is 536 g/mol. The van der Waals surface area contributed by atoms with Crippen molar-refractivity contribution >= 4 is 54.4 Å². The second-order valence-electron chi connectivity index (χ2n) is 10.9. The number of nitrogens with zero attached hydrogens (tertiary/aromatic N) is 3. The van der Waals surface area contributed by atoms with Crippen LogP contribution in [-0.4, -0.2) is 14.1 Å². The molecule has 0 aliphatic rings. The standard InChI is InChI=1S/C39H25N3/c1-2-11-29(12-3-1)41-36-21-22-40-25-34(36)39-31(14-8-16-37(39)41)28-18-20-33-32-13-6-7-15-35(32)42(38(33)24-28)30-19-17-26-9-4-5-10-27(26)23-30/h1-25H. The van der Waals surface area contributed by atoms with Crippen LogP contribution in [0.4, 0.5) is 0 Å². The van der Waals surface area contributed by atoms with Crippen LogP contribution in [0.3, 0.4) is 0 Å². The molecule has 42 heavy (non-hydrogen) atoms. The van der Waals surface area contributed by atoms with Gasteiger partial charge in [-0.25, -0.2) is 0 Å². The molecule has 0 N–H and O–H groups in total.